The standard InChI is InChI=1S/C17H16ClNO3S/c1-23-12-6-7-14(18)13(8-12)17(20)19-9-11-10-21-15-4-2-3-5-16(15)22-11/h2-8,11H,9-10H2,1H3,(H,19,20)/t11-/m0/s1. The second-order valence-electron chi connectivity index (χ2n) is 5.05. The van der Waals surface area contributed by atoms with Gasteiger partial charge in [-0.25, -0.2) is 0 Å². The Bertz CT molecular complexity index is 723. The summed E-state index contributed by atoms with van der Waals surface area (Å²) >= 11 is 7.67. The van der Waals surface area contributed by atoms with Crippen molar-refractivity contribution < 1.29 is 14.3 Å². The third-order valence-electron chi connectivity index (χ3n) is 3.48. The second-order valence-corrected chi connectivity index (χ2v) is 6.34. The van der Waals surface area contributed by atoms with Crippen LogP contribution in [-0.4, -0.2) is 31.4 Å². The van der Waals surface area contributed by atoms with Crippen LogP contribution < -0.4 is 14.8 Å². The minimum atomic E-state index is -0.226. The first-order chi connectivity index (χ1) is 11.2. The molecule has 0 aliphatic carbocycles. The van der Waals surface area contributed by atoms with E-state index in [0.717, 1.165) is 10.6 Å². The normalized spacial score (nSPS) is 16.0. The van der Waals surface area contributed by atoms with Crippen LogP contribution in [0.5, 0.6) is 11.5 Å². The number of ether oxygens (including phenoxy) is 2. The zero-order valence-electron chi connectivity index (χ0n) is 12.5. The van der Waals surface area contributed by atoms with E-state index in [1.165, 1.54) is 0 Å². The van der Waals surface area contributed by atoms with Gasteiger partial charge < -0.3 is 14.8 Å². The summed E-state index contributed by atoms with van der Waals surface area (Å²) in [6.45, 7) is 0.753. The van der Waals surface area contributed by atoms with Gasteiger partial charge in [0.05, 0.1) is 17.1 Å². The maximum atomic E-state index is 12.3. The van der Waals surface area contributed by atoms with Gasteiger partial charge in [-0.3, -0.25) is 4.79 Å². The van der Waals surface area contributed by atoms with Gasteiger partial charge in [0.1, 0.15) is 12.7 Å². The van der Waals surface area contributed by atoms with Gasteiger partial charge in [0.2, 0.25) is 0 Å². The molecule has 0 spiro atoms. The molecule has 1 aliphatic heterocycles. The minimum absolute atomic E-state index is 0.214. The van der Waals surface area contributed by atoms with Crippen LogP contribution >= 0.6 is 23.4 Å². The zero-order chi connectivity index (χ0) is 16.2. The molecule has 2 aromatic rings. The number of fused-ring (bicyclic) bond motifs is 1. The van der Waals surface area contributed by atoms with Crippen LogP contribution in [-0.2, 0) is 0 Å². The van der Waals surface area contributed by atoms with Crippen molar-refractivity contribution in [2.45, 2.75) is 11.0 Å². The van der Waals surface area contributed by atoms with Crippen LogP contribution in [0.1, 0.15) is 10.4 Å². The van der Waals surface area contributed by atoms with Crippen molar-refractivity contribution in [3.63, 3.8) is 0 Å². The maximum Gasteiger partial charge on any atom is 0.252 e. The van der Waals surface area contributed by atoms with E-state index in [1.807, 2.05) is 36.6 Å². The molecule has 0 saturated heterocycles. The van der Waals surface area contributed by atoms with Gasteiger partial charge >= 0.3 is 0 Å². The Labute approximate surface area is 144 Å². The fraction of sp³-hybridized carbons (Fsp3) is 0.235. The van der Waals surface area contributed by atoms with Gasteiger partial charge in [-0.05, 0) is 36.6 Å². The number of halogens is 1. The summed E-state index contributed by atoms with van der Waals surface area (Å²) in [6.07, 6.45) is 1.73. The number of carbonyl (C=O) groups is 1. The Balaban J connectivity index is 1.62. The van der Waals surface area contributed by atoms with Crippen molar-refractivity contribution in [2.75, 3.05) is 19.4 Å². The van der Waals surface area contributed by atoms with Gasteiger partial charge in [-0.1, -0.05) is 23.7 Å². The van der Waals surface area contributed by atoms with Gasteiger partial charge in [-0.2, -0.15) is 0 Å². The van der Waals surface area contributed by atoms with E-state index < -0.39 is 0 Å². The topological polar surface area (TPSA) is 47.6 Å². The number of amides is 1. The average molecular weight is 350 g/mol. The summed E-state index contributed by atoms with van der Waals surface area (Å²) < 4.78 is 11.4. The Hall–Kier alpha value is -1.85. The van der Waals surface area contributed by atoms with E-state index in [1.54, 1.807) is 23.9 Å². The van der Waals surface area contributed by atoms with Crippen molar-refractivity contribution in [3.05, 3.63) is 53.1 Å². The summed E-state index contributed by atoms with van der Waals surface area (Å²) in [6, 6.07) is 12.9. The molecule has 23 heavy (non-hydrogen) atoms. The summed E-state index contributed by atoms with van der Waals surface area (Å²) in [7, 11) is 0. The van der Waals surface area contributed by atoms with Crippen molar-refractivity contribution in [3.8, 4) is 11.5 Å². The van der Waals surface area contributed by atoms with E-state index in [4.69, 9.17) is 21.1 Å². The van der Waals surface area contributed by atoms with Crippen LogP contribution in [0.2, 0.25) is 5.02 Å². The fourth-order valence-electron chi connectivity index (χ4n) is 2.27. The quantitative estimate of drug-likeness (QED) is 0.856. The lowest BCUT2D eigenvalue weighted by atomic mass is 10.2. The molecule has 1 N–H and O–H groups in total. The number of nitrogens with one attached hydrogen (secondary N) is 1. The van der Waals surface area contributed by atoms with E-state index in [2.05, 4.69) is 5.32 Å². The molecular weight excluding hydrogens is 334 g/mol. The highest BCUT2D eigenvalue weighted by molar-refractivity contribution is 7.98. The first kappa shape index (κ1) is 16.0. The Kier molecular flexibility index (Phi) is 4.98. The molecule has 0 radical (unpaired) electrons. The van der Waals surface area contributed by atoms with Gasteiger partial charge in [0.25, 0.3) is 5.91 Å². The highest BCUT2D eigenvalue weighted by atomic mass is 35.5. The fourth-order valence-corrected chi connectivity index (χ4v) is 2.91. The molecule has 1 heterocycles. The Morgan fingerprint density at radius 2 is 2.09 bits per heavy atom. The molecule has 0 aromatic heterocycles. The maximum absolute atomic E-state index is 12.3. The molecule has 1 aliphatic rings. The van der Waals surface area contributed by atoms with E-state index in [-0.39, 0.29) is 12.0 Å². The minimum Gasteiger partial charge on any atom is -0.486 e. The molecule has 4 nitrogen and oxygen atoms in total. The lowest BCUT2D eigenvalue weighted by Gasteiger charge is -2.26. The SMILES string of the molecule is CSc1ccc(Cl)c(C(=O)NC[C@H]2COc3ccccc3O2)c1. The van der Waals surface area contributed by atoms with E-state index >= 15 is 0 Å². The smallest absolute Gasteiger partial charge is 0.252 e. The first-order valence-electron chi connectivity index (χ1n) is 7.17. The summed E-state index contributed by atoms with van der Waals surface area (Å²) in [5.74, 6) is 1.21. The van der Waals surface area contributed by atoms with E-state index in [0.29, 0.717) is 29.5 Å². The summed E-state index contributed by atoms with van der Waals surface area (Å²) in [5.41, 5.74) is 0.468. The van der Waals surface area contributed by atoms with Crippen LogP contribution in [0.3, 0.4) is 0 Å². The Morgan fingerprint density at radius 1 is 1.30 bits per heavy atom. The zero-order valence-corrected chi connectivity index (χ0v) is 14.1. The van der Waals surface area contributed by atoms with Crippen LogP contribution in [0, 0.1) is 0 Å². The van der Waals surface area contributed by atoms with Crippen LogP contribution in [0.4, 0.5) is 0 Å². The monoisotopic (exact) mass is 349 g/mol. The molecule has 1 atom stereocenters. The highest BCUT2D eigenvalue weighted by Gasteiger charge is 2.21. The van der Waals surface area contributed by atoms with Crippen LogP contribution in [0.15, 0.2) is 47.4 Å². The second kappa shape index (κ2) is 7.15. The number of rotatable bonds is 4. The molecule has 0 saturated carbocycles. The van der Waals surface area contributed by atoms with Crippen LogP contribution in [0.25, 0.3) is 0 Å². The van der Waals surface area contributed by atoms with Gasteiger partial charge in [-0.15, -0.1) is 11.8 Å². The number of hydrogen-bond acceptors (Lipinski definition) is 4. The number of benzene rings is 2. The van der Waals surface area contributed by atoms with Crippen molar-refractivity contribution >= 4 is 29.3 Å². The van der Waals surface area contributed by atoms with Crippen molar-refractivity contribution in [2.24, 2.45) is 0 Å². The summed E-state index contributed by atoms with van der Waals surface area (Å²) in [4.78, 5) is 13.3. The molecule has 0 unspecified atom stereocenters. The molecule has 120 valence electrons. The van der Waals surface area contributed by atoms with E-state index in [9.17, 15) is 4.79 Å². The molecule has 2 aromatic carbocycles. The average Bonchev–Trinajstić information content (AvgIpc) is 2.60. The lowest BCUT2D eigenvalue weighted by Crippen LogP contribution is -2.40. The number of thioether (sulfide) groups is 1. The number of carbonyl (C=O) groups excluding carboxylic acids is 1. The highest BCUT2D eigenvalue weighted by Crippen LogP contribution is 2.30. The third kappa shape index (κ3) is 3.74. The molecule has 1 amide bonds. The number of para-hydroxylation sites is 2. The predicted molar refractivity (Wildman–Crippen MR) is 91.9 cm³/mol. The molecule has 3 rings (SSSR count). The predicted octanol–water partition coefficient (Wildman–Crippen LogP) is 3.63. The summed E-state index contributed by atoms with van der Waals surface area (Å²) in [5, 5.41) is 3.29. The third-order valence-corrected chi connectivity index (χ3v) is 4.53. The molecule has 0 fully saturated rings. The first-order valence-corrected chi connectivity index (χ1v) is 8.78. The largest absolute Gasteiger partial charge is 0.486 e. The molecule has 6 heteroatoms. The van der Waals surface area contributed by atoms with Crippen molar-refractivity contribution in [1.29, 1.82) is 0 Å². The van der Waals surface area contributed by atoms with Gasteiger partial charge in [0, 0.05) is 4.90 Å². The molecule has 0 bridgehead atoms. The number of hydrogen-bond donors (Lipinski definition) is 1. The lowest BCUT2D eigenvalue weighted by molar-refractivity contribution is 0.0789. The molecular formula is C17H16ClNO3S. The van der Waals surface area contributed by atoms with Crippen molar-refractivity contribution in [1.82, 2.24) is 5.32 Å². The van der Waals surface area contributed by atoms with Gasteiger partial charge in [0.15, 0.2) is 11.5 Å². The Morgan fingerprint density at radius 3 is 2.87 bits per heavy atom.